The smallest absolute Gasteiger partial charge is 0.223 e. The van der Waals surface area contributed by atoms with E-state index in [9.17, 15) is 9.59 Å². The molecule has 0 atom stereocenters. The van der Waals surface area contributed by atoms with Crippen LogP contribution in [0, 0.1) is 6.92 Å². The van der Waals surface area contributed by atoms with E-state index in [2.05, 4.69) is 34.0 Å². The van der Waals surface area contributed by atoms with Gasteiger partial charge in [0.25, 0.3) is 0 Å². The zero-order valence-electron chi connectivity index (χ0n) is 16.0. The number of benzene rings is 1. The molecule has 0 spiro atoms. The van der Waals surface area contributed by atoms with Crippen LogP contribution in [0.3, 0.4) is 0 Å². The van der Waals surface area contributed by atoms with Gasteiger partial charge in [0.2, 0.25) is 5.78 Å². The van der Waals surface area contributed by atoms with Gasteiger partial charge >= 0.3 is 0 Å². The molecular weight excluding hydrogens is 374 g/mol. The Balaban J connectivity index is 1.60. The Labute approximate surface area is 169 Å². The first-order valence-corrected chi connectivity index (χ1v) is 9.79. The number of fused-ring (bicyclic) bond motifs is 1. The average Bonchev–Trinajstić information content (AvgIpc) is 2.71. The Bertz CT molecular complexity index is 991. The number of carbonyl (C=O) groups is 2. The Kier molecular flexibility index (Phi) is 5.04. The number of aromatic nitrogens is 1. The average molecular weight is 396 g/mol. The molecular formula is C22H22ClN3O2. The molecule has 1 aliphatic carbocycles. The van der Waals surface area contributed by atoms with Crippen molar-refractivity contribution < 1.29 is 9.59 Å². The van der Waals surface area contributed by atoms with Crippen LogP contribution < -0.4 is 4.90 Å². The van der Waals surface area contributed by atoms with E-state index in [1.165, 1.54) is 11.9 Å². The van der Waals surface area contributed by atoms with E-state index < -0.39 is 0 Å². The fraction of sp³-hybridized carbons (Fsp3) is 0.318. The van der Waals surface area contributed by atoms with Crippen LogP contribution in [-0.2, 0) is 6.42 Å². The topological polar surface area (TPSA) is 53.5 Å². The second kappa shape index (κ2) is 7.49. The lowest BCUT2D eigenvalue weighted by Gasteiger charge is -2.34. The minimum Gasteiger partial charge on any atom is -0.369 e. The molecule has 0 amide bonds. The normalized spacial score (nSPS) is 17.9. The van der Waals surface area contributed by atoms with E-state index in [1.807, 2.05) is 13.0 Å². The quantitative estimate of drug-likeness (QED) is 0.798. The second-order valence-electron chi connectivity index (χ2n) is 7.43. The summed E-state index contributed by atoms with van der Waals surface area (Å²) in [5.41, 5.74) is 4.10. The summed E-state index contributed by atoms with van der Waals surface area (Å²) in [5, 5.41) is -0.0151. The van der Waals surface area contributed by atoms with Crippen molar-refractivity contribution in [3.63, 3.8) is 0 Å². The molecule has 2 aliphatic rings. The second-order valence-corrected chi connectivity index (χ2v) is 7.81. The molecule has 4 rings (SSSR count). The highest BCUT2D eigenvalue weighted by atomic mass is 35.5. The number of Topliss-reactive ketones (excluding diaryl/α,β-unsaturated/α-hetero) is 2. The lowest BCUT2D eigenvalue weighted by molar-refractivity contribution is 0.0975. The molecule has 0 bridgehead atoms. The first-order valence-electron chi connectivity index (χ1n) is 9.42. The maximum absolute atomic E-state index is 12.9. The molecule has 1 aromatic carbocycles. The Morgan fingerprint density at radius 2 is 1.82 bits per heavy atom. The summed E-state index contributed by atoms with van der Waals surface area (Å²) in [4.78, 5) is 34.1. The Morgan fingerprint density at radius 3 is 2.54 bits per heavy atom. The van der Waals surface area contributed by atoms with E-state index in [0.29, 0.717) is 17.6 Å². The molecule has 2 aromatic rings. The number of pyridine rings is 1. The summed E-state index contributed by atoms with van der Waals surface area (Å²) >= 11 is 6.28. The molecule has 0 radical (unpaired) electrons. The van der Waals surface area contributed by atoms with Gasteiger partial charge in [0.1, 0.15) is 5.69 Å². The molecule has 0 N–H and O–H groups in total. The Morgan fingerprint density at radius 1 is 1.07 bits per heavy atom. The number of allylic oxidation sites excluding steroid dienone is 2. The summed E-state index contributed by atoms with van der Waals surface area (Å²) in [5.74, 6) is -0.589. The molecule has 144 valence electrons. The highest BCUT2D eigenvalue weighted by Crippen LogP contribution is 2.31. The number of hydrogen-bond acceptors (Lipinski definition) is 5. The van der Waals surface area contributed by atoms with E-state index in [4.69, 9.17) is 11.6 Å². The van der Waals surface area contributed by atoms with Gasteiger partial charge in [0.15, 0.2) is 5.78 Å². The monoisotopic (exact) mass is 395 g/mol. The molecule has 0 unspecified atom stereocenters. The molecule has 2 heterocycles. The Hall–Kier alpha value is -2.50. The molecule has 28 heavy (non-hydrogen) atoms. The predicted molar refractivity (Wildman–Crippen MR) is 110 cm³/mol. The summed E-state index contributed by atoms with van der Waals surface area (Å²) in [6.07, 6.45) is 1.84. The van der Waals surface area contributed by atoms with Crippen LogP contribution >= 0.6 is 11.6 Å². The summed E-state index contributed by atoms with van der Waals surface area (Å²) in [7, 11) is 2.14. The van der Waals surface area contributed by atoms with Crippen molar-refractivity contribution in [1.29, 1.82) is 0 Å². The SMILES string of the molecule is Cc1cc(N2CCN(C)CC2)ccc1CC1=C(Cl)C(=O)c2ncccc2C1=O. The van der Waals surface area contributed by atoms with Crippen molar-refractivity contribution in [2.45, 2.75) is 13.3 Å². The van der Waals surface area contributed by atoms with E-state index >= 15 is 0 Å². The molecule has 1 aromatic heterocycles. The zero-order chi connectivity index (χ0) is 19.8. The third-order valence-electron chi connectivity index (χ3n) is 5.57. The first kappa shape index (κ1) is 18.8. The highest BCUT2D eigenvalue weighted by molar-refractivity contribution is 6.49. The number of nitrogens with zero attached hydrogens (tertiary/aromatic N) is 3. The fourth-order valence-electron chi connectivity index (χ4n) is 3.76. The van der Waals surface area contributed by atoms with Gasteiger partial charge in [-0.1, -0.05) is 17.7 Å². The van der Waals surface area contributed by atoms with Crippen molar-refractivity contribution >= 4 is 28.9 Å². The van der Waals surface area contributed by atoms with Gasteiger partial charge in [0.05, 0.1) is 10.6 Å². The van der Waals surface area contributed by atoms with Crippen LogP contribution in [0.1, 0.15) is 32.0 Å². The number of likely N-dealkylation sites (N-methyl/N-ethyl adjacent to an activating group) is 1. The van der Waals surface area contributed by atoms with Crippen molar-refractivity contribution in [1.82, 2.24) is 9.88 Å². The maximum Gasteiger partial charge on any atom is 0.223 e. The van der Waals surface area contributed by atoms with E-state index in [0.717, 1.165) is 37.3 Å². The zero-order valence-corrected chi connectivity index (χ0v) is 16.8. The van der Waals surface area contributed by atoms with Crippen LogP contribution in [0.4, 0.5) is 5.69 Å². The molecule has 5 nitrogen and oxygen atoms in total. The molecule has 1 aliphatic heterocycles. The van der Waals surface area contributed by atoms with E-state index in [-0.39, 0.29) is 22.3 Å². The number of ketones is 2. The standard InChI is InChI=1S/C22H22ClN3O2/c1-14-12-16(26-10-8-25(2)9-11-26)6-5-15(14)13-18-19(23)22(28)20-17(21(18)27)4-3-7-24-20/h3-7,12H,8-11,13H2,1-2H3. The maximum atomic E-state index is 12.9. The van der Waals surface area contributed by atoms with Crippen LogP contribution in [0.25, 0.3) is 0 Å². The summed E-state index contributed by atoms with van der Waals surface area (Å²) in [6.45, 7) is 6.14. The number of halogens is 1. The summed E-state index contributed by atoms with van der Waals surface area (Å²) < 4.78 is 0. The predicted octanol–water partition coefficient (Wildman–Crippen LogP) is 3.26. The van der Waals surface area contributed by atoms with Crippen molar-refractivity contribution in [3.05, 3.63) is 69.5 Å². The van der Waals surface area contributed by atoms with Crippen molar-refractivity contribution in [2.24, 2.45) is 0 Å². The lowest BCUT2D eigenvalue weighted by Crippen LogP contribution is -2.44. The first-order chi connectivity index (χ1) is 13.5. The van der Waals surface area contributed by atoms with Crippen LogP contribution in [0.2, 0.25) is 0 Å². The minimum absolute atomic E-state index is 0.0151. The third kappa shape index (κ3) is 3.36. The molecule has 0 saturated carbocycles. The number of aryl methyl sites for hydroxylation is 1. The molecule has 1 fully saturated rings. The number of piperazine rings is 1. The van der Waals surface area contributed by atoms with Crippen molar-refractivity contribution in [2.75, 3.05) is 38.1 Å². The van der Waals surface area contributed by atoms with Crippen LogP contribution in [-0.4, -0.2) is 54.7 Å². The van der Waals surface area contributed by atoms with Gasteiger partial charge in [-0.05, 0) is 49.4 Å². The van der Waals surface area contributed by atoms with Gasteiger partial charge in [0, 0.05) is 50.1 Å². The van der Waals surface area contributed by atoms with Gasteiger partial charge in [-0.25, -0.2) is 0 Å². The fourth-order valence-corrected chi connectivity index (χ4v) is 4.00. The number of carbonyl (C=O) groups excluding carboxylic acids is 2. The lowest BCUT2D eigenvalue weighted by atomic mass is 9.88. The van der Waals surface area contributed by atoms with Gasteiger partial charge in [-0.15, -0.1) is 0 Å². The number of anilines is 1. The molecule has 1 saturated heterocycles. The number of hydrogen-bond donors (Lipinski definition) is 0. The van der Waals surface area contributed by atoms with Crippen LogP contribution in [0.15, 0.2) is 47.1 Å². The minimum atomic E-state index is -0.376. The van der Waals surface area contributed by atoms with E-state index in [1.54, 1.807) is 12.1 Å². The van der Waals surface area contributed by atoms with Crippen LogP contribution in [0.5, 0.6) is 0 Å². The molecule has 6 heteroatoms. The highest BCUT2D eigenvalue weighted by Gasteiger charge is 2.32. The summed E-state index contributed by atoms with van der Waals surface area (Å²) in [6, 6.07) is 9.58. The van der Waals surface area contributed by atoms with Gasteiger partial charge < -0.3 is 9.80 Å². The third-order valence-corrected chi connectivity index (χ3v) is 5.97. The largest absolute Gasteiger partial charge is 0.369 e. The van der Waals surface area contributed by atoms with Crippen molar-refractivity contribution in [3.8, 4) is 0 Å². The number of rotatable bonds is 3. The van der Waals surface area contributed by atoms with Gasteiger partial charge in [-0.2, -0.15) is 0 Å². The van der Waals surface area contributed by atoms with Gasteiger partial charge in [-0.3, -0.25) is 14.6 Å².